The molecule has 0 aliphatic rings. The molecule has 4 aromatic rings. The van der Waals surface area contributed by atoms with Gasteiger partial charge in [-0.1, -0.05) is 35.6 Å². The van der Waals surface area contributed by atoms with Crippen LogP contribution in [-0.2, 0) is 4.79 Å². The van der Waals surface area contributed by atoms with Crippen molar-refractivity contribution in [3.8, 4) is 0 Å². The van der Waals surface area contributed by atoms with Gasteiger partial charge < -0.3 is 5.32 Å². The topological polar surface area (TPSA) is 64.0 Å². The van der Waals surface area contributed by atoms with Gasteiger partial charge in [0, 0.05) is 11.5 Å². The van der Waals surface area contributed by atoms with Crippen LogP contribution in [0.2, 0.25) is 0 Å². The minimum Gasteiger partial charge on any atom is -0.300 e. The van der Waals surface area contributed by atoms with E-state index in [9.17, 15) is 9.59 Å². The van der Waals surface area contributed by atoms with Crippen LogP contribution in [0.1, 0.15) is 24.1 Å². The second-order valence-electron chi connectivity index (χ2n) is 6.71. The number of carbonyl (C=O) groups is 1. The Balaban J connectivity index is 1.70. The van der Waals surface area contributed by atoms with Gasteiger partial charge in [-0.2, -0.15) is 0 Å². The van der Waals surface area contributed by atoms with Gasteiger partial charge in [0.1, 0.15) is 6.04 Å². The second-order valence-corrected chi connectivity index (χ2v) is 7.74. The zero-order chi connectivity index (χ0) is 19.1. The van der Waals surface area contributed by atoms with E-state index in [4.69, 9.17) is 0 Å². The summed E-state index contributed by atoms with van der Waals surface area (Å²) >= 11 is 1.43. The molecular weight excluding hydrogens is 358 g/mol. The van der Waals surface area contributed by atoms with E-state index in [1.165, 1.54) is 15.9 Å². The first kappa shape index (κ1) is 17.4. The molecule has 0 saturated carbocycles. The predicted molar refractivity (Wildman–Crippen MR) is 111 cm³/mol. The number of rotatable bonds is 3. The molecular formula is C21H19N3O2S. The fourth-order valence-corrected chi connectivity index (χ4v) is 4.25. The molecule has 1 N–H and O–H groups in total. The molecule has 2 heterocycles. The lowest BCUT2D eigenvalue weighted by molar-refractivity contribution is -0.118. The second kappa shape index (κ2) is 6.63. The van der Waals surface area contributed by atoms with Crippen molar-refractivity contribution in [3.05, 3.63) is 70.0 Å². The van der Waals surface area contributed by atoms with Crippen LogP contribution >= 0.6 is 11.3 Å². The molecule has 4 rings (SSSR count). The molecule has 0 aliphatic carbocycles. The largest absolute Gasteiger partial charge is 0.300 e. The Labute approximate surface area is 160 Å². The maximum atomic E-state index is 12.8. The van der Waals surface area contributed by atoms with Crippen LogP contribution in [0.25, 0.3) is 21.1 Å². The quantitative estimate of drug-likeness (QED) is 0.574. The van der Waals surface area contributed by atoms with E-state index in [1.54, 1.807) is 13.0 Å². The first-order chi connectivity index (χ1) is 12.9. The van der Waals surface area contributed by atoms with Crippen molar-refractivity contribution in [2.24, 2.45) is 0 Å². The Bertz CT molecular complexity index is 1240. The van der Waals surface area contributed by atoms with Crippen LogP contribution in [0.3, 0.4) is 0 Å². The zero-order valence-corrected chi connectivity index (χ0v) is 16.1. The smallest absolute Gasteiger partial charge is 0.252 e. The lowest BCUT2D eigenvalue weighted by Gasteiger charge is -2.18. The molecule has 0 aliphatic heterocycles. The standard InChI is InChI=1S/C21H19N3O2S/c1-12-8-9-16-18(10-12)27-21(22-16)23-20(26)14(3)24-17-7-5-4-6-15(17)13(2)11-19(24)25/h4-11,14H,1-3H3,(H,22,23,26). The number of para-hydroxylation sites is 1. The Morgan fingerprint density at radius 1 is 1.15 bits per heavy atom. The van der Waals surface area contributed by atoms with Gasteiger partial charge >= 0.3 is 0 Å². The van der Waals surface area contributed by atoms with Gasteiger partial charge in [0.2, 0.25) is 5.91 Å². The fraction of sp³-hybridized carbons (Fsp3) is 0.190. The molecule has 0 radical (unpaired) electrons. The van der Waals surface area contributed by atoms with Crippen LogP contribution in [0, 0.1) is 13.8 Å². The van der Waals surface area contributed by atoms with Crippen LogP contribution in [0.5, 0.6) is 0 Å². The predicted octanol–water partition coefficient (Wildman–Crippen LogP) is 4.43. The van der Waals surface area contributed by atoms with Crippen molar-refractivity contribution in [1.29, 1.82) is 0 Å². The number of hydrogen-bond acceptors (Lipinski definition) is 4. The van der Waals surface area contributed by atoms with E-state index in [1.807, 2.05) is 56.3 Å². The highest BCUT2D eigenvalue weighted by molar-refractivity contribution is 7.22. The summed E-state index contributed by atoms with van der Waals surface area (Å²) in [6, 6.07) is 14.5. The third-order valence-corrected chi connectivity index (χ3v) is 5.64. The van der Waals surface area contributed by atoms with Gasteiger partial charge in [-0.3, -0.25) is 14.2 Å². The number of aryl methyl sites for hydroxylation is 2. The third-order valence-electron chi connectivity index (χ3n) is 4.71. The van der Waals surface area contributed by atoms with Crippen LogP contribution in [0.4, 0.5) is 5.13 Å². The molecule has 27 heavy (non-hydrogen) atoms. The van der Waals surface area contributed by atoms with E-state index in [-0.39, 0.29) is 11.5 Å². The molecule has 1 atom stereocenters. The number of nitrogens with zero attached hydrogens (tertiary/aromatic N) is 2. The Hall–Kier alpha value is -2.99. The van der Waals surface area contributed by atoms with Crippen molar-refractivity contribution in [2.75, 3.05) is 5.32 Å². The van der Waals surface area contributed by atoms with Crippen molar-refractivity contribution >= 4 is 43.5 Å². The summed E-state index contributed by atoms with van der Waals surface area (Å²) < 4.78 is 2.56. The summed E-state index contributed by atoms with van der Waals surface area (Å²) in [5, 5.41) is 4.37. The van der Waals surface area contributed by atoms with Crippen LogP contribution in [0.15, 0.2) is 53.3 Å². The molecule has 6 heteroatoms. The number of carbonyl (C=O) groups excluding carboxylic acids is 1. The summed E-state index contributed by atoms with van der Waals surface area (Å²) in [5.41, 5.74) is 3.47. The van der Waals surface area contributed by atoms with E-state index < -0.39 is 6.04 Å². The maximum absolute atomic E-state index is 12.8. The van der Waals surface area contributed by atoms with Gasteiger partial charge in [-0.05, 0) is 50.1 Å². The highest BCUT2D eigenvalue weighted by atomic mass is 32.1. The summed E-state index contributed by atoms with van der Waals surface area (Å²) in [6.45, 7) is 5.66. The van der Waals surface area contributed by atoms with Crippen molar-refractivity contribution in [3.63, 3.8) is 0 Å². The number of nitrogens with one attached hydrogen (secondary N) is 1. The highest BCUT2D eigenvalue weighted by Gasteiger charge is 2.20. The average Bonchev–Trinajstić information content (AvgIpc) is 3.02. The van der Waals surface area contributed by atoms with Gasteiger partial charge in [0.05, 0.1) is 15.7 Å². The summed E-state index contributed by atoms with van der Waals surface area (Å²) in [5.74, 6) is -0.262. The summed E-state index contributed by atoms with van der Waals surface area (Å²) in [7, 11) is 0. The first-order valence-corrected chi connectivity index (χ1v) is 9.54. The van der Waals surface area contributed by atoms with E-state index in [2.05, 4.69) is 10.3 Å². The van der Waals surface area contributed by atoms with E-state index in [0.29, 0.717) is 5.13 Å². The molecule has 0 spiro atoms. The first-order valence-electron chi connectivity index (χ1n) is 8.73. The molecule has 2 aromatic heterocycles. The molecule has 0 bridgehead atoms. The van der Waals surface area contributed by atoms with Gasteiger partial charge in [-0.15, -0.1) is 0 Å². The number of amides is 1. The average molecular weight is 377 g/mol. The zero-order valence-electron chi connectivity index (χ0n) is 15.3. The number of anilines is 1. The van der Waals surface area contributed by atoms with Gasteiger partial charge in [0.15, 0.2) is 5.13 Å². The van der Waals surface area contributed by atoms with Crippen LogP contribution in [-0.4, -0.2) is 15.5 Å². The minimum atomic E-state index is -0.656. The van der Waals surface area contributed by atoms with E-state index >= 15 is 0 Å². The number of thiazole rings is 1. The molecule has 1 amide bonds. The van der Waals surface area contributed by atoms with Crippen molar-refractivity contribution in [2.45, 2.75) is 26.8 Å². The van der Waals surface area contributed by atoms with Crippen molar-refractivity contribution in [1.82, 2.24) is 9.55 Å². The number of fused-ring (bicyclic) bond motifs is 2. The van der Waals surface area contributed by atoms with Crippen molar-refractivity contribution < 1.29 is 4.79 Å². The third kappa shape index (κ3) is 3.13. The SMILES string of the molecule is Cc1ccc2nc(NC(=O)C(C)n3c(=O)cc(C)c4ccccc43)sc2c1. The Kier molecular flexibility index (Phi) is 4.28. The van der Waals surface area contributed by atoms with Gasteiger partial charge in [-0.25, -0.2) is 4.98 Å². The Morgan fingerprint density at radius 2 is 1.93 bits per heavy atom. The number of hydrogen-bond donors (Lipinski definition) is 1. The lowest BCUT2D eigenvalue weighted by Crippen LogP contribution is -2.31. The Morgan fingerprint density at radius 3 is 2.74 bits per heavy atom. The minimum absolute atomic E-state index is 0.186. The molecule has 136 valence electrons. The monoisotopic (exact) mass is 377 g/mol. The number of pyridine rings is 1. The van der Waals surface area contributed by atoms with Gasteiger partial charge in [0.25, 0.3) is 5.56 Å². The fourth-order valence-electron chi connectivity index (χ4n) is 3.28. The van der Waals surface area contributed by atoms with E-state index in [0.717, 1.165) is 32.2 Å². The highest BCUT2D eigenvalue weighted by Crippen LogP contribution is 2.27. The molecule has 0 fully saturated rings. The summed E-state index contributed by atoms with van der Waals surface area (Å²) in [6.07, 6.45) is 0. The lowest BCUT2D eigenvalue weighted by atomic mass is 10.1. The molecule has 0 saturated heterocycles. The number of aromatic nitrogens is 2. The molecule has 5 nitrogen and oxygen atoms in total. The summed E-state index contributed by atoms with van der Waals surface area (Å²) in [4.78, 5) is 29.9. The number of benzene rings is 2. The molecule has 1 unspecified atom stereocenters. The maximum Gasteiger partial charge on any atom is 0.252 e. The normalized spacial score (nSPS) is 12.4. The van der Waals surface area contributed by atoms with Crippen LogP contribution < -0.4 is 10.9 Å². The molecule has 2 aromatic carbocycles.